The number of nitrogens with one attached hydrogen (secondary N) is 1. The van der Waals surface area contributed by atoms with Gasteiger partial charge in [-0.25, -0.2) is 0 Å². The van der Waals surface area contributed by atoms with Gasteiger partial charge < -0.3 is 5.32 Å². The number of hydrogen-bond donors (Lipinski definition) is 1. The number of aromatic nitrogens is 2. The highest BCUT2D eigenvalue weighted by Crippen LogP contribution is 2.33. The minimum Gasteiger partial charge on any atom is -0.307 e. The molecule has 0 amide bonds. The first kappa shape index (κ1) is 13.6. The summed E-state index contributed by atoms with van der Waals surface area (Å²) in [7, 11) is 2.03. The van der Waals surface area contributed by atoms with E-state index in [2.05, 4.69) is 45.0 Å². The molecular formula is C15H27N3. The van der Waals surface area contributed by atoms with E-state index in [-0.39, 0.29) is 0 Å². The number of hydrogen-bond acceptors (Lipinski definition) is 2. The van der Waals surface area contributed by atoms with Crippen molar-refractivity contribution in [1.29, 1.82) is 0 Å². The highest BCUT2D eigenvalue weighted by Gasteiger charge is 2.31. The van der Waals surface area contributed by atoms with E-state index in [0.29, 0.717) is 12.1 Å². The van der Waals surface area contributed by atoms with Gasteiger partial charge in [-0.2, -0.15) is 5.10 Å². The van der Waals surface area contributed by atoms with Crippen LogP contribution in [0.2, 0.25) is 0 Å². The fourth-order valence-electron chi connectivity index (χ4n) is 3.42. The molecule has 102 valence electrons. The van der Waals surface area contributed by atoms with Crippen LogP contribution in [0.25, 0.3) is 0 Å². The topological polar surface area (TPSA) is 29.9 Å². The molecule has 1 fully saturated rings. The second-order valence-electron chi connectivity index (χ2n) is 6.12. The van der Waals surface area contributed by atoms with Crippen molar-refractivity contribution >= 4 is 0 Å². The molecule has 1 N–H and O–H groups in total. The molecule has 0 spiro atoms. The molecule has 1 saturated carbocycles. The van der Waals surface area contributed by atoms with Gasteiger partial charge in [0.15, 0.2) is 0 Å². The van der Waals surface area contributed by atoms with Crippen LogP contribution in [-0.4, -0.2) is 15.8 Å². The third-order valence-corrected chi connectivity index (χ3v) is 4.93. The van der Waals surface area contributed by atoms with Gasteiger partial charge in [0, 0.05) is 30.4 Å². The average molecular weight is 249 g/mol. The van der Waals surface area contributed by atoms with Gasteiger partial charge in [0.2, 0.25) is 0 Å². The van der Waals surface area contributed by atoms with Crippen LogP contribution in [-0.2, 0) is 7.05 Å². The summed E-state index contributed by atoms with van der Waals surface area (Å²) in [5.74, 6) is 1.63. The first-order valence-corrected chi connectivity index (χ1v) is 7.18. The van der Waals surface area contributed by atoms with Crippen LogP contribution in [0.4, 0.5) is 0 Å². The number of aryl methyl sites for hydroxylation is 2. The molecule has 1 aliphatic carbocycles. The van der Waals surface area contributed by atoms with Gasteiger partial charge in [-0.1, -0.05) is 13.8 Å². The maximum absolute atomic E-state index is 4.52. The van der Waals surface area contributed by atoms with E-state index in [1.54, 1.807) is 0 Å². The fourth-order valence-corrected chi connectivity index (χ4v) is 3.42. The van der Waals surface area contributed by atoms with Crippen molar-refractivity contribution in [1.82, 2.24) is 15.1 Å². The third-order valence-electron chi connectivity index (χ3n) is 4.93. The van der Waals surface area contributed by atoms with Crippen LogP contribution in [0.5, 0.6) is 0 Å². The van der Waals surface area contributed by atoms with E-state index in [1.165, 1.54) is 24.1 Å². The molecule has 1 aliphatic rings. The molecule has 3 nitrogen and oxygen atoms in total. The lowest BCUT2D eigenvalue weighted by molar-refractivity contribution is 0.346. The Bertz CT molecular complexity index is 422. The van der Waals surface area contributed by atoms with Gasteiger partial charge in [0.25, 0.3) is 0 Å². The van der Waals surface area contributed by atoms with Crippen molar-refractivity contribution in [2.75, 3.05) is 0 Å². The molecule has 2 rings (SSSR count). The van der Waals surface area contributed by atoms with Crippen molar-refractivity contribution in [2.45, 2.75) is 59.5 Å². The lowest BCUT2D eigenvalue weighted by Gasteiger charge is -2.24. The van der Waals surface area contributed by atoms with Crippen LogP contribution in [0, 0.1) is 25.7 Å². The van der Waals surface area contributed by atoms with Crippen LogP contribution >= 0.6 is 0 Å². The zero-order chi connectivity index (χ0) is 13.4. The molecule has 4 unspecified atom stereocenters. The maximum Gasteiger partial charge on any atom is 0.0644 e. The summed E-state index contributed by atoms with van der Waals surface area (Å²) >= 11 is 0. The van der Waals surface area contributed by atoms with Gasteiger partial charge in [-0.15, -0.1) is 0 Å². The van der Waals surface area contributed by atoms with Crippen molar-refractivity contribution in [2.24, 2.45) is 18.9 Å². The zero-order valence-electron chi connectivity index (χ0n) is 12.6. The molecular weight excluding hydrogens is 222 g/mol. The van der Waals surface area contributed by atoms with Gasteiger partial charge in [-0.05, 0) is 45.4 Å². The Morgan fingerprint density at radius 1 is 1.28 bits per heavy atom. The Balaban J connectivity index is 2.10. The summed E-state index contributed by atoms with van der Waals surface area (Å²) in [5.41, 5.74) is 3.82. The standard InChI is InChI=1S/C15H27N3/c1-9-7-8-14(10(9)2)16-11(3)15-12(4)17-18(6)13(15)5/h9-11,14,16H,7-8H2,1-6H3. The first-order chi connectivity index (χ1) is 8.41. The highest BCUT2D eigenvalue weighted by atomic mass is 15.3. The summed E-state index contributed by atoms with van der Waals surface area (Å²) < 4.78 is 1.99. The minimum absolute atomic E-state index is 0.399. The van der Waals surface area contributed by atoms with Crippen LogP contribution in [0.1, 0.15) is 56.6 Å². The van der Waals surface area contributed by atoms with Gasteiger partial charge in [0.1, 0.15) is 0 Å². The van der Waals surface area contributed by atoms with Gasteiger partial charge in [0.05, 0.1) is 5.69 Å². The lowest BCUT2D eigenvalue weighted by Crippen LogP contribution is -2.34. The summed E-state index contributed by atoms with van der Waals surface area (Å²) in [6, 6.07) is 1.06. The largest absolute Gasteiger partial charge is 0.307 e. The van der Waals surface area contributed by atoms with Crippen LogP contribution < -0.4 is 5.32 Å². The smallest absolute Gasteiger partial charge is 0.0644 e. The predicted molar refractivity (Wildman–Crippen MR) is 75.6 cm³/mol. The Hall–Kier alpha value is -0.830. The molecule has 0 radical (unpaired) electrons. The van der Waals surface area contributed by atoms with Gasteiger partial charge in [-0.3, -0.25) is 4.68 Å². The second kappa shape index (κ2) is 5.04. The van der Waals surface area contributed by atoms with Crippen molar-refractivity contribution in [3.8, 4) is 0 Å². The van der Waals surface area contributed by atoms with E-state index in [9.17, 15) is 0 Å². The molecule has 0 bridgehead atoms. The average Bonchev–Trinajstić information content (AvgIpc) is 2.73. The summed E-state index contributed by atoms with van der Waals surface area (Å²) in [5, 5.41) is 8.33. The van der Waals surface area contributed by atoms with E-state index in [4.69, 9.17) is 0 Å². The molecule has 0 aromatic carbocycles. The molecule has 18 heavy (non-hydrogen) atoms. The van der Waals surface area contributed by atoms with Crippen LogP contribution in [0.15, 0.2) is 0 Å². The van der Waals surface area contributed by atoms with E-state index in [0.717, 1.165) is 17.5 Å². The predicted octanol–water partition coefficient (Wildman–Crippen LogP) is 3.12. The highest BCUT2D eigenvalue weighted by molar-refractivity contribution is 5.27. The Morgan fingerprint density at radius 3 is 2.39 bits per heavy atom. The maximum atomic E-state index is 4.52. The summed E-state index contributed by atoms with van der Waals surface area (Å²) in [6.07, 6.45) is 2.67. The summed E-state index contributed by atoms with van der Waals surface area (Å²) in [6.45, 7) is 11.3. The fraction of sp³-hybridized carbons (Fsp3) is 0.800. The van der Waals surface area contributed by atoms with Gasteiger partial charge >= 0.3 is 0 Å². The Labute approximate surface area is 111 Å². The van der Waals surface area contributed by atoms with Crippen molar-refractivity contribution in [3.63, 3.8) is 0 Å². The molecule has 1 aromatic rings. The van der Waals surface area contributed by atoms with E-state index in [1.807, 2.05) is 11.7 Å². The van der Waals surface area contributed by atoms with E-state index < -0.39 is 0 Å². The zero-order valence-corrected chi connectivity index (χ0v) is 12.6. The third kappa shape index (κ3) is 2.33. The first-order valence-electron chi connectivity index (χ1n) is 7.18. The number of nitrogens with zero attached hydrogens (tertiary/aromatic N) is 2. The van der Waals surface area contributed by atoms with Crippen molar-refractivity contribution < 1.29 is 0 Å². The quantitative estimate of drug-likeness (QED) is 0.892. The summed E-state index contributed by atoms with van der Waals surface area (Å²) in [4.78, 5) is 0. The molecule has 0 aliphatic heterocycles. The Morgan fingerprint density at radius 2 is 1.94 bits per heavy atom. The normalized spacial score (nSPS) is 29.8. The van der Waals surface area contributed by atoms with Crippen molar-refractivity contribution in [3.05, 3.63) is 17.0 Å². The molecule has 4 atom stereocenters. The van der Waals surface area contributed by atoms with E-state index >= 15 is 0 Å². The Kier molecular flexibility index (Phi) is 3.81. The SMILES string of the molecule is Cc1nn(C)c(C)c1C(C)NC1CCC(C)C1C. The lowest BCUT2D eigenvalue weighted by atomic mass is 9.96. The van der Waals surface area contributed by atoms with Crippen LogP contribution in [0.3, 0.4) is 0 Å². The molecule has 0 saturated heterocycles. The monoisotopic (exact) mass is 249 g/mol. The minimum atomic E-state index is 0.399. The second-order valence-corrected chi connectivity index (χ2v) is 6.12. The molecule has 1 aromatic heterocycles. The molecule has 3 heteroatoms. The molecule has 1 heterocycles. The number of rotatable bonds is 3.